The lowest BCUT2D eigenvalue weighted by Gasteiger charge is -2.41. The molecule has 20 heavy (non-hydrogen) atoms. The maximum Gasteiger partial charge on any atom is 0.0205 e. The molecule has 1 aromatic carbocycles. The molecule has 0 heteroatoms. The summed E-state index contributed by atoms with van der Waals surface area (Å²) in [4.78, 5) is 0. The van der Waals surface area contributed by atoms with Crippen LogP contribution < -0.4 is 0 Å². The minimum atomic E-state index is 0.506. The molecule has 0 N–H and O–H groups in total. The molecule has 0 saturated carbocycles. The van der Waals surface area contributed by atoms with Gasteiger partial charge in [-0.25, -0.2) is 0 Å². The van der Waals surface area contributed by atoms with Gasteiger partial charge in [-0.1, -0.05) is 72.9 Å². The van der Waals surface area contributed by atoms with Gasteiger partial charge < -0.3 is 0 Å². The zero-order valence-electron chi connectivity index (χ0n) is 11.1. The Balaban J connectivity index is 1.86. The summed E-state index contributed by atoms with van der Waals surface area (Å²) in [6.45, 7) is 0. The van der Waals surface area contributed by atoms with Gasteiger partial charge in [0.1, 0.15) is 0 Å². The monoisotopic (exact) mass is 254 g/mol. The number of fused-ring (bicyclic) bond motifs is 2. The number of rotatable bonds is 0. The van der Waals surface area contributed by atoms with E-state index in [0.717, 1.165) is 0 Å². The molecule has 4 aliphatic rings. The number of allylic oxidation sites excluding steroid dienone is 11. The molecule has 0 heterocycles. The molecular formula is C20H14. The van der Waals surface area contributed by atoms with E-state index >= 15 is 0 Å². The third-order valence-electron chi connectivity index (χ3n) is 4.84. The largest absolute Gasteiger partial charge is 0.0617 e. The Morgan fingerprint density at radius 1 is 0.700 bits per heavy atom. The molecule has 4 aliphatic carbocycles. The zero-order chi connectivity index (χ0) is 13.1. The fourth-order valence-corrected chi connectivity index (χ4v) is 3.97. The first-order valence-electron chi connectivity index (χ1n) is 7.21. The Kier molecular flexibility index (Phi) is 1.88. The Bertz CT molecular complexity index is 806. The Labute approximate surface area is 118 Å². The molecule has 94 valence electrons. The summed E-state index contributed by atoms with van der Waals surface area (Å²) in [5, 5.41) is 0. The van der Waals surface area contributed by atoms with Crippen LogP contribution in [0.25, 0.3) is 11.6 Å². The fraction of sp³-hybridized carbons (Fsp3) is 0.100. The van der Waals surface area contributed by atoms with Crippen molar-refractivity contribution in [2.24, 2.45) is 11.8 Å². The Morgan fingerprint density at radius 2 is 1.55 bits per heavy atom. The van der Waals surface area contributed by atoms with Crippen LogP contribution in [0.15, 0.2) is 83.5 Å². The van der Waals surface area contributed by atoms with Gasteiger partial charge in [-0.15, -0.1) is 0 Å². The highest BCUT2D eigenvalue weighted by Gasteiger charge is 2.38. The van der Waals surface area contributed by atoms with Crippen LogP contribution in [0.5, 0.6) is 0 Å². The maximum absolute atomic E-state index is 2.37. The molecule has 0 unspecified atom stereocenters. The topological polar surface area (TPSA) is 0 Å². The highest BCUT2D eigenvalue weighted by atomic mass is 14.4. The lowest BCUT2D eigenvalue weighted by Crippen LogP contribution is -2.28. The molecule has 0 amide bonds. The van der Waals surface area contributed by atoms with E-state index in [0.29, 0.717) is 11.8 Å². The minimum absolute atomic E-state index is 0.506. The van der Waals surface area contributed by atoms with Gasteiger partial charge in [0.25, 0.3) is 0 Å². The lowest BCUT2D eigenvalue weighted by molar-refractivity contribution is 0.602. The molecule has 0 bridgehead atoms. The fourth-order valence-electron chi connectivity index (χ4n) is 3.97. The van der Waals surface area contributed by atoms with Crippen LogP contribution in [0.1, 0.15) is 11.1 Å². The third-order valence-corrected chi connectivity index (χ3v) is 4.84. The molecule has 5 rings (SSSR count). The van der Waals surface area contributed by atoms with E-state index in [1.165, 1.54) is 33.4 Å². The van der Waals surface area contributed by atoms with Gasteiger partial charge in [-0.2, -0.15) is 0 Å². The summed E-state index contributed by atoms with van der Waals surface area (Å²) in [7, 11) is 0. The van der Waals surface area contributed by atoms with E-state index < -0.39 is 0 Å². The van der Waals surface area contributed by atoms with E-state index in [9.17, 15) is 0 Å². The van der Waals surface area contributed by atoms with Crippen LogP contribution in [0.3, 0.4) is 0 Å². The predicted molar refractivity (Wildman–Crippen MR) is 83.8 cm³/mol. The molecule has 0 spiro atoms. The summed E-state index contributed by atoms with van der Waals surface area (Å²) in [5.41, 5.74) is 8.60. The molecule has 0 fully saturated rings. The standard InChI is InChI=1S/C20H14/c1-2-7-17-15(4-1)12-16-9-8-13-5-3-6-14-10-11-18(17)20(16)19(13)14/h1-12,19-20H/t19-,20-/m1/s1. The van der Waals surface area contributed by atoms with E-state index in [4.69, 9.17) is 0 Å². The Hall–Kier alpha value is -2.34. The van der Waals surface area contributed by atoms with Crippen molar-refractivity contribution >= 4 is 11.6 Å². The molecule has 0 saturated heterocycles. The van der Waals surface area contributed by atoms with Crippen LogP contribution in [0.4, 0.5) is 0 Å². The summed E-state index contributed by atoms with van der Waals surface area (Å²) in [6, 6.07) is 8.75. The second kappa shape index (κ2) is 3.61. The van der Waals surface area contributed by atoms with Crippen LogP contribution in [-0.4, -0.2) is 0 Å². The van der Waals surface area contributed by atoms with E-state index in [-0.39, 0.29) is 0 Å². The van der Waals surface area contributed by atoms with Crippen molar-refractivity contribution in [3.05, 3.63) is 94.6 Å². The van der Waals surface area contributed by atoms with Gasteiger partial charge in [-0.05, 0) is 33.4 Å². The van der Waals surface area contributed by atoms with E-state index in [2.05, 4.69) is 72.9 Å². The van der Waals surface area contributed by atoms with Gasteiger partial charge >= 0.3 is 0 Å². The molecule has 0 aliphatic heterocycles. The minimum Gasteiger partial charge on any atom is -0.0617 e. The van der Waals surface area contributed by atoms with Gasteiger partial charge in [0.15, 0.2) is 0 Å². The second-order valence-electron chi connectivity index (χ2n) is 5.83. The normalized spacial score (nSPS) is 27.8. The molecule has 0 nitrogen and oxygen atoms in total. The first-order chi connectivity index (χ1) is 9.92. The number of benzene rings is 1. The Morgan fingerprint density at radius 3 is 2.55 bits per heavy atom. The SMILES string of the molecule is C1=CC2=CC=C3c4ccccc4C=C4C=CC(=C1)[C@H]2[C@H]43. The van der Waals surface area contributed by atoms with Crippen LogP contribution in [0, 0.1) is 11.8 Å². The van der Waals surface area contributed by atoms with Gasteiger partial charge in [0.05, 0.1) is 0 Å². The number of hydrogen-bond acceptors (Lipinski definition) is 0. The lowest BCUT2D eigenvalue weighted by atomic mass is 9.62. The van der Waals surface area contributed by atoms with Gasteiger partial charge in [0.2, 0.25) is 0 Å². The van der Waals surface area contributed by atoms with Crippen molar-refractivity contribution < 1.29 is 0 Å². The third kappa shape index (κ3) is 1.21. The first-order valence-corrected chi connectivity index (χ1v) is 7.21. The smallest absolute Gasteiger partial charge is 0.0205 e. The molecule has 0 aromatic heterocycles. The summed E-state index contributed by atoms with van der Waals surface area (Å²) in [5.74, 6) is 1.02. The van der Waals surface area contributed by atoms with Crippen molar-refractivity contribution in [3.63, 3.8) is 0 Å². The highest BCUT2D eigenvalue weighted by Crippen LogP contribution is 2.52. The number of hydrogen-bond donors (Lipinski definition) is 0. The first kappa shape index (κ1) is 10.4. The van der Waals surface area contributed by atoms with Gasteiger partial charge in [-0.3, -0.25) is 0 Å². The average molecular weight is 254 g/mol. The van der Waals surface area contributed by atoms with Crippen molar-refractivity contribution in [2.75, 3.05) is 0 Å². The molecular weight excluding hydrogens is 240 g/mol. The van der Waals surface area contributed by atoms with Crippen molar-refractivity contribution in [1.82, 2.24) is 0 Å². The van der Waals surface area contributed by atoms with Crippen LogP contribution in [0.2, 0.25) is 0 Å². The van der Waals surface area contributed by atoms with Crippen molar-refractivity contribution in [3.8, 4) is 0 Å². The second-order valence-corrected chi connectivity index (χ2v) is 5.83. The molecule has 2 atom stereocenters. The van der Waals surface area contributed by atoms with E-state index in [1.54, 1.807) is 0 Å². The van der Waals surface area contributed by atoms with Crippen molar-refractivity contribution in [2.45, 2.75) is 0 Å². The summed E-state index contributed by atoms with van der Waals surface area (Å²) < 4.78 is 0. The van der Waals surface area contributed by atoms with E-state index in [1.807, 2.05) is 0 Å². The highest BCUT2D eigenvalue weighted by molar-refractivity contribution is 5.87. The van der Waals surface area contributed by atoms with Gasteiger partial charge in [0, 0.05) is 11.8 Å². The summed E-state index contributed by atoms with van der Waals surface area (Å²) >= 11 is 0. The van der Waals surface area contributed by atoms with Crippen LogP contribution in [-0.2, 0) is 0 Å². The average Bonchev–Trinajstić information content (AvgIpc) is 2.52. The maximum atomic E-state index is 2.37. The van der Waals surface area contributed by atoms with Crippen molar-refractivity contribution in [1.29, 1.82) is 0 Å². The summed E-state index contributed by atoms with van der Waals surface area (Å²) in [6.07, 6.45) is 18.3. The predicted octanol–water partition coefficient (Wildman–Crippen LogP) is 4.71. The van der Waals surface area contributed by atoms with Crippen LogP contribution >= 0.6 is 0 Å². The quantitative estimate of drug-likeness (QED) is 0.629. The molecule has 1 aromatic rings. The zero-order valence-corrected chi connectivity index (χ0v) is 11.1. The molecule has 0 radical (unpaired) electrons.